The van der Waals surface area contributed by atoms with Crippen LogP contribution in [0.4, 0.5) is 0 Å². The van der Waals surface area contributed by atoms with Crippen molar-refractivity contribution in [3.63, 3.8) is 0 Å². The number of esters is 1. The molecule has 0 unspecified atom stereocenters. The molecule has 1 fully saturated rings. The van der Waals surface area contributed by atoms with Gasteiger partial charge < -0.3 is 20.8 Å². The number of amides is 1. The summed E-state index contributed by atoms with van der Waals surface area (Å²) in [7, 11) is 0. The van der Waals surface area contributed by atoms with Crippen LogP contribution in [0, 0.1) is 0 Å². The first-order valence-corrected chi connectivity index (χ1v) is 9.35. The van der Waals surface area contributed by atoms with E-state index in [9.17, 15) is 9.59 Å². The standard InChI is InChI=1S/C20H27N3O3/c1-2-26-19(25)20(10-6-3-7-11-20)23-18(24)16(21)12-14-13-22-17-9-5-4-8-15(14)17/h4-5,8-9,13,16,22H,2-3,6-7,10-12,21H2,1H3,(H,23,24)/t16-/m1/s1. The van der Waals surface area contributed by atoms with E-state index in [-0.39, 0.29) is 11.9 Å². The third-order valence-electron chi connectivity index (χ3n) is 5.19. The number of benzene rings is 1. The average Bonchev–Trinajstić information content (AvgIpc) is 3.05. The number of para-hydroxylation sites is 1. The van der Waals surface area contributed by atoms with Crippen molar-refractivity contribution in [1.29, 1.82) is 0 Å². The number of aromatic nitrogens is 1. The Bertz CT molecular complexity index is 777. The van der Waals surface area contributed by atoms with E-state index in [4.69, 9.17) is 10.5 Å². The molecule has 2 aromatic rings. The van der Waals surface area contributed by atoms with Crippen LogP contribution in [0.5, 0.6) is 0 Å². The van der Waals surface area contributed by atoms with Crippen LogP contribution in [-0.2, 0) is 20.7 Å². The average molecular weight is 357 g/mol. The monoisotopic (exact) mass is 357 g/mol. The van der Waals surface area contributed by atoms with Crippen LogP contribution in [0.2, 0.25) is 0 Å². The fraction of sp³-hybridized carbons (Fsp3) is 0.500. The number of aromatic amines is 1. The van der Waals surface area contributed by atoms with Crippen LogP contribution < -0.4 is 11.1 Å². The second-order valence-electron chi connectivity index (χ2n) is 7.02. The molecule has 0 radical (unpaired) electrons. The molecule has 1 aromatic carbocycles. The Morgan fingerprint density at radius 2 is 2.00 bits per heavy atom. The van der Waals surface area contributed by atoms with Gasteiger partial charge in [-0.15, -0.1) is 0 Å². The van der Waals surface area contributed by atoms with E-state index in [1.165, 1.54) is 0 Å². The minimum absolute atomic E-state index is 0.301. The Morgan fingerprint density at radius 1 is 1.27 bits per heavy atom. The zero-order valence-corrected chi connectivity index (χ0v) is 15.2. The molecule has 3 rings (SSSR count). The molecule has 1 saturated carbocycles. The van der Waals surface area contributed by atoms with E-state index in [1.54, 1.807) is 6.92 Å². The highest BCUT2D eigenvalue weighted by atomic mass is 16.5. The lowest BCUT2D eigenvalue weighted by Gasteiger charge is -2.36. The van der Waals surface area contributed by atoms with Crippen molar-refractivity contribution >= 4 is 22.8 Å². The predicted octanol–water partition coefficient (Wildman–Crippen LogP) is 2.42. The number of ether oxygens (including phenoxy) is 1. The number of carbonyl (C=O) groups is 2. The van der Waals surface area contributed by atoms with Crippen LogP contribution in [0.3, 0.4) is 0 Å². The van der Waals surface area contributed by atoms with Crippen LogP contribution in [-0.4, -0.2) is 35.0 Å². The Balaban J connectivity index is 1.71. The summed E-state index contributed by atoms with van der Waals surface area (Å²) in [5, 5.41) is 3.99. The Labute approximate surface area is 153 Å². The van der Waals surface area contributed by atoms with Gasteiger partial charge >= 0.3 is 5.97 Å². The molecule has 1 atom stereocenters. The lowest BCUT2D eigenvalue weighted by molar-refractivity contribution is -0.155. The van der Waals surface area contributed by atoms with Crippen molar-refractivity contribution in [2.24, 2.45) is 5.73 Å². The summed E-state index contributed by atoms with van der Waals surface area (Å²) in [6.45, 7) is 2.08. The Kier molecular flexibility index (Phi) is 5.61. The molecular formula is C20H27N3O3. The largest absolute Gasteiger partial charge is 0.464 e. The number of H-pyrrole nitrogens is 1. The zero-order valence-electron chi connectivity index (χ0n) is 15.2. The van der Waals surface area contributed by atoms with Crippen LogP contribution in [0.15, 0.2) is 30.5 Å². The Hall–Kier alpha value is -2.34. The van der Waals surface area contributed by atoms with Gasteiger partial charge in [-0.25, -0.2) is 4.79 Å². The molecule has 1 aromatic heterocycles. The van der Waals surface area contributed by atoms with E-state index in [0.717, 1.165) is 35.7 Å². The van der Waals surface area contributed by atoms with Gasteiger partial charge in [0.25, 0.3) is 0 Å². The molecule has 1 aliphatic carbocycles. The minimum atomic E-state index is -0.927. The summed E-state index contributed by atoms with van der Waals surface area (Å²) in [6.07, 6.45) is 6.38. The van der Waals surface area contributed by atoms with Gasteiger partial charge in [0.2, 0.25) is 5.91 Å². The third-order valence-corrected chi connectivity index (χ3v) is 5.19. The molecule has 1 aliphatic rings. The van der Waals surface area contributed by atoms with Crippen molar-refractivity contribution in [2.45, 2.75) is 57.0 Å². The quantitative estimate of drug-likeness (QED) is 0.692. The molecule has 26 heavy (non-hydrogen) atoms. The number of fused-ring (bicyclic) bond motifs is 1. The fourth-order valence-corrected chi connectivity index (χ4v) is 3.76. The lowest BCUT2D eigenvalue weighted by Crippen LogP contribution is -2.59. The summed E-state index contributed by atoms with van der Waals surface area (Å²) < 4.78 is 5.23. The van der Waals surface area contributed by atoms with Crippen molar-refractivity contribution in [1.82, 2.24) is 10.3 Å². The van der Waals surface area contributed by atoms with Crippen molar-refractivity contribution in [3.8, 4) is 0 Å². The molecule has 0 bridgehead atoms. The molecule has 6 heteroatoms. The normalized spacial score (nSPS) is 17.6. The third kappa shape index (κ3) is 3.75. The van der Waals surface area contributed by atoms with Crippen molar-refractivity contribution in [2.75, 3.05) is 6.61 Å². The first-order chi connectivity index (χ1) is 12.6. The molecule has 6 nitrogen and oxygen atoms in total. The maximum absolute atomic E-state index is 12.7. The first-order valence-electron chi connectivity index (χ1n) is 9.35. The molecule has 0 aliphatic heterocycles. The lowest BCUT2D eigenvalue weighted by atomic mass is 9.81. The van der Waals surface area contributed by atoms with Crippen molar-refractivity contribution in [3.05, 3.63) is 36.0 Å². The first kappa shape index (κ1) is 18.5. The molecule has 140 valence electrons. The fourth-order valence-electron chi connectivity index (χ4n) is 3.76. The van der Waals surface area contributed by atoms with Gasteiger partial charge in [0, 0.05) is 17.1 Å². The van der Waals surface area contributed by atoms with Crippen LogP contribution in [0.1, 0.15) is 44.6 Å². The maximum Gasteiger partial charge on any atom is 0.331 e. The van der Waals surface area contributed by atoms with Crippen LogP contribution in [0.25, 0.3) is 10.9 Å². The number of hydrogen-bond acceptors (Lipinski definition) is 4. The SMILES string of the molecule is CCOC(=O)C1(NC(=O)[C@H](N)Cc2c[nH]c3ccccc23)CCCCC1. The highest BCUT2D eigenvalue weighted by molar-refractivity contribution is 5.91. The summed E-state index contributed by atoms with van der Waals surface area (Å²) in [5.74, 6) is -0.641. The van der Waals surface area contributed by atoms with E-state index in [2.05, 4.69) is 10.3 Å². The number of rotatable bonds is 6. The topological polar surface area (TPSA) is 97.2 Å². The maximum atomic E-state index is 12.7. The van der Waals surface area contributed by atoms with E-state index < -0.39 is 11.6 Å². The van der Waals surface area contributed by atoms with Gasteiger partial charge in [-0.2, -0.15) is 0 Å². The van der Waals surface area contributed by atoms with Gasteiger partial charge in [0.15, 0.2) is 0 Å². The Morgan fingerprint density at radius 3 is 2.73 bits per heavy atom. The van der Waals surface area contributed by atoms with E-state index in [1.807, 2.05) is 30.5 Å². The number of nitrogens with two attached hydrogens (primary N) is 1. The predicted molar refractivity (Wildman–Crippen MR) is 101 cm³/mol. The smallest absolute Gasteiger partial charge is 0.331 e. The highest BCUT2D eigenvalue weighted by Crippen LogP contribution is 2.30. The molecular weight excluding hydrogens is 330 g/mol. The second-order valence-corrected chi connectivity index (χ2v) is 7.02. The number of hydrogen-bond donors (Lipinski definition) is 3. The molecule has 4 N–H and O–H groups in total. The van der Waals surface area contributed by atoms with E-state index in [0.29, 0.717) is 25.9 Å². The van der Waals surface area contributed by atoms with Gasteiger partial charge in [0.05, 0.1) is 12.6 Å². The highest BCUT2D eigenvalue weighted by Gasteiger charge is 2.42. The van der Waals surface area contributed by atoms with Gasteiger partial charge in [0.1, 0.15) is 5.54 Å². The summed E-state index contributed by atoms with van der Waals surface area (Å²) >= 11 is 0. The van der Waals surface area contributed by atoms with Gasteiger partial charge in [-0.1, -0.05) is 37.5 Å². The van der Waals surface area contributed by atoms with Crippen molar-refractivity contribution < 1.29 is 14.3 Å². The zero-order chi connectivity index (χ0) is 18.6. The molecule has 0 saturated heterocycles. The van der Waals surface area contributed by atoms with Crippen LogP contribution >= 0.6 is 0 Å². The summed E-state index contributed by atoms with van der Waals surface area (Å²) in [6, 6.07) is 7.20. The molecule has 1 heterocycles. The minimum Gasteiger partial charge on any atom is -0.464 e. The van der Waals surface area contributed by atoms with E-state index >= 15 is 0 Å². The van der Waals surface area contributed by atoms with Gasteiger partial charge in [-0.05, 0) is 37.8 Å². The number of nitrogens with one attached hydrogen (secondary N) is 2. The molecule has 1 amide bonds. The summed E-state index contributed by atoms with van der Waals surface area (Å²) in [4.78, 5) is 28.4. The second kappa shape index (κ2) is 7.91. The van der Waals surface area contributed by atoms with Gasteiger partial charge in [-0.3, -0.25) is 4.79 Å². The summed E-state index contributed by atoms with van der Waals surface area (Å²) in [5.41, 5.74) is 7.26. The molecule has 0 spiro atoms. The number of carbonyl (C=O) groups excluding carboxylic acids is 2.